The predicted molar refractivity (Wildman–Crippen MR) is 43.6 cm³/mol. The summed E-state index contributed by atoms with van der Waals surface area (Å²) < 4.78 is 0. The first-order valence-electron chi connectivity index (χ1n) is 3.75. The van der Waals surface area contributed by atoms with Crippen LogP contribution >= 0.6 is 0 Å². The number of carbonyl (C=O) groups is 1. The number of benzene rings is 1. The van der Waals surface area contributed by atoms with Crippen molar-refractivity contribution in [1.82, 2.24) is 0 Å². The van der Waals surface area contributed by atoms with Crippen molar-refractivity contribution in [3.05, 3.63) is 34.0 Å². The molecule has 1 aliphatic rings. The first-order valence-corrected chi connectivity index (χ1v) is 3.75. The van der Waals surface area contributed by atoms with Gasteiger partial charge in [-0.05, 0) is 31.0 Å². The Kier molecular flexibility index (Phi) is 1.33. The Morgan fingerprint density at radius 1 is 1.17 bits per heavy atom. The molecule has 3 nitrogen and oxygen atoms in total. The van der Waals surface area contributed by atoms with E-state index < -0.39 is 6.03 Å². The topological polar surface area (TPSA) is 41.8 Å². The molecule has 0 saturated carbocycles. The molecule has 2 amide bonds. The largest absolute Gasteiger partial charge is 0.368 e. The lowest BCUT2D eigenvalue weighted by Crippen LogP contribution is -2.24. The third-order valence-electron chi connectivity index (χ3n) is 1.85. The molecule has 3 heteroatoms. The van der Waals surface area contributed by atoms with Gasteiger partial charge < -0.3 is 0 Å². The molecule has 0 fully saturated rings. The zero-order valence-electron chi connectivity index (χ0n) is 6.96. The molecule has 0 radical (unpaired) electrons. The standard InChI is InChI=1S/C9H8N2O/c1-5-3-6(2)8-7(4-5)10-9(12)11-8/h3-4H,1-2H3. The van der Waals surface area contributed by atoms with Crippen LogP contribution in [0.2, 0.25) is 0 Å². The first-order chi connectivity index (χ1) is 5.66. The van der Waals surface area contributed by atoms with Crippen molar-refractivity contribution in [3.63, 3.8) is 0 Å². The molecule has 1 aromatic rings. The van der Waals surface area contributed by atoms with Crippen molar-refractivity contribution in [2.75, 3.05) is 0 Å². The van der Waals surface area contributed by atoms with Gasteiger partial charge in [0.25, 0.3) is 0 Å². The van der Waals surface area contributed by atoms with Gasteiger partial charge in [-0.15, -0.1) is 0 Å². The fourth-order valence-electron chi connectivity index (χ4n) is 1.39. The third kappa shape index (κ3) is 0.942. The van der Waals surface area contributed by atoms with E-state index in [2.05, 4.69) is 9.98 Å². The Morgan fingerprint density at radius 2 is 1.92 bits per heavy atom. The lowest BCUT2D eigenvalue weighted by Gasteiger charge is -1.92. The summed E-state index contributed by atoms with van der Waals surface area (Å²) in [4.78, 5) is 18.4. The minimum Gasteiger partial charge on any atom is -0.244 e. The molecule has 1 aromatic carbocycles. The van der Waals surface area contributed by atoms with Gasteiger partial charge in [-0.1, -0.05) is 6.07 Å². The van der Waals surface area contributed by atoms with Crippen LogP contribution < -0.4 is 10.7 Å². The van der Waals surface area contributed by atoms with Gasteiger partial charge in [0.1, 0.15) is 0 Å². The molecule has 0 aliphatic carbocycles. The maximum absolute atomic E-state index is 10.8. The first kappa shape index (κ1) is 7.16. The van der Waals surface area contributed by atoms with E-state index in [0.29, 0.717) is 5.36 Å². The molecule has 2 rings (SSSR count). The predicted octanol–water partition coefficient (Wildman–Crippen LogP) is 0.676. The van der Waals surface area contributed by atoms with Gasteiger partial charge in [-0.3, -0.25) is 0 Å². The monoisotopic (exact) mass is 160 g/mol. The van der Waals surface area contributed by atoms with Crippen LogP contribution in [-0.2, 0) is 0 Å². The summed E-state index contributed by atoms with van der Waals surface area (Å²) in [7, 11) is 0. The van der Waals surface area contributed by atoms with Crippen molar-refractivity contribution in [3.8, 4) is 0 Å². The van der Waals surface area contributed by atoms with E-state index in [1.807, 2.05) is 26.0 Å². The molecule has 1 aliphatic heterocycles. The normalized spacial score (nSPS) is 13.7. The van der Waals surface area contributed by atoms with Gasteiger partial charge in [-0.2, -0.15) is 9.98 Å². The molecular formula is C9H8N2O. The highest BCUT2D eigenvalue weighted by Gasteiger charge is 2.06. The van der Waals surface area contributed by atoms with Crippen LogP contribution in [0, 0.1) is 13.8 Å². The number of amides is 2. The number of rotatable bonds is 0. The van der Waals surface area contributed by atoms with Crippen molar-refractivity contribution in [1.29, 1.82) is 0 Å². The average molecular weight is 160 g/mol. The van der Waals surface area contributed by atoms with E-state index in [1.54, 1.807) is 0 Å². The summed E-state index contributed by atoms with van der Waals surface area (Å²) in [5.74, 6) is 0. The van der Waals surface area contributed by atoms with E-state index in [1.165, 1.54) is 0 Å². The number of aryl methyl sites for hydroxylation is 2. The summed E-state index contributed by atoms with van der Waals surface area (Å²) >= 11 is 0. The van der Waals surface area contributed by atoms with Crippen LogP contribution in [0.5, 0.6) is 0 Å². The Hall–Kier alpha value is -1.51. The van der Waals surface area contributed by atoms with Crippen LogP contribution in [0.4, 0.5) is 4.79 Å². The Bertz CT molecular complexity index is 474. The summed E-state index contributed by atoms with van der Waals surface area (Å²) in [6.45, 7) is 3.91. The van der Waals surface area contributed by atoms with E-state index in [4.69, 9.17) is 0 Å². The van der Waals surface area contributed by atoms with Crippen molar-refractivity contribution >= 4 is 6.03 Å². The molecule has 60 valence electrons. The minimum atomic E-state index is -0.390. The fourth-order valence-corrected chi connectivity index (χ4v) is 1.39. The number of fused-ring (bicyclic) bond motifs is 1. The average Bonchev–Trinajstić information content (AvgIpc) is 2.29. The quantitative estimate of drug-likeness (QED) is 0.550. The number of hydrogen-bond donors (Lipinski definition) is 0. The van der Waals surface area contributed by atoms with Crippen molar-refractivity contribution in [2.24, 2.45) is 9.98 Å². The number of nitrogens with zero attached hydrogens (tertiary/aromatic N) is 2. The zero-order valence-corrected chi connectivity index (χ0v) is 6.96. The summed E-state index contributed by atoms with van der Waals surface area (Å²) in [5, 5.41) is 1.43. The lowest BCUT2D eigenvalue weighted by atomic mass is 10.1. The minimum absolute atomic E-state index is 0.390. The highest BCUT2D eigenvalue weighted by molar-refractivity contribution is 5.77. The maximum Gasteiger partial charge on any atom is 0.368 e. The SMILES string of the molecule is Cc1cc(C)c2c(c1)=NC(=O)N=2. The van der Waals surface area contributed by atoms with Crippen LogP contribution in [0.1, 0.15) is 11.1 Å². The van der Waals surface area contributed by atoms with Gasteiger partial charge in [-0.25, -0.2) is 4.79 Å². The summed E-state index contributed by atoms with van der Waals surface area (Å²) in [5.41, 5.74) is 2.12. The number of hydrogen-bond acceptors (Lipinski definition) is 1. The molecule has 0 spiro atoms. The van der Waals surface area contributed by atoms with E-state index in [0.717, 1.165) is 16.5 Å². The van der Waals surface area contributed by atoms with Gasteiger partial charge in [0.05, 0.1) is 10.7 Å². The van der Waals surface area contributed by atoms with Gasteiger partial charge in [0, 0.05) is 0 Å². The molecule has 1 heterocycles. The molecule has 0 N–H and O–H groups in total. The van der Waals surface area contributed by atoms with Crippen molar-refractivity contribution < 1.29 is 4.79 Å². The van der Waals surface area contributed by atoms with Gasteiger partial charge >= 0.3 is 6.03 Å². The molecule has 0 unspecified atom stereocenters. The second-order valence-corrected chi connectivity index (χ2v) is 2.96. The zero-order chi connectivity index (χ0) is 8.72. The molecule has 0 atom stereocenters. The second kappa shape index (κ2) is 2.24. The molecule has 12 heavy (non-hydrogen) atoms. The van der Waals surface area contributed by atoms with Crippen LogP contribution in [-0.4, -0.2) is 6.03 Å². The molecule has 0 aromatic heterocycles. The van der Waals surface area contributed by atoms with E-state index in [9.17, 15) is 4.79 Å². The highest BCUT2D eigenvalue weighted by Crippen LogP contribution is 1.95. The van der Waals surface area contributed by atoms with Crippen LogP contribution in [0.15, 0.2) is 22.1 Å². The third-order valence-corrected chi connectivity index (χ3v) is 1.85. The number of urea groups is 1. The summed E-state index contributed by atoms with van der Waals surface area (Å²) in [6.07, 6.45) is 0. The number of carbonyl (C=O) groups excluding carboxylic acids is 1. The smallest absolute Gasteiger partial charge is 0.244 e. The van der Waals surface area contributed by atoms with Crippen LogP contribution in [0.25, 0.3) is 0 Å². The van der Waals surface area contributed by atoms with E-state index >= 15 is 0 Å². The van der Waals surface area contributed by atoms with Crippen molar-refractivity contribution in [2.45, 2.75) is 13.8 Å². The second-order valence-electron chi connectivity index (χ2n) is 2.96. The highest BCUT2D eigenvalue weighted by atomic mass is 16.2. The summed E-state index contributed by atoms with van der Waals surface area (Å²) in [6, 6.07) is 3.48. The Morgan fingerprint density at radius 3 is 2.67 bits per heavy atom. The molecule has 0 bridgehead atoms. The Balaban J connectivity index is 2.95. The van der Waals surface area contributed by atoms with Gasteiger partial charge in [0.2, 0.25) is 0 Å². The lowest BCUT2D eigenvalue weighted by molar-refractivity contribution is 0.256. The molecule has 0 saturated heterocycles. The molecular weight excluding hydrogens is 152 g/mol. The van der Waals surface area contributed by atoms with E-state index in [-0.39, 0.29) is 0 Å². The van der Waals surface area contributed by atoms with Gasteiger partial charge in [0.15, 0.2) is 0 Å². The Labute approximate surface area is 69.5 Å². The van der Waals surface area contributed by atoms with Crippen LogP contribution in [0.3, 0.4) is 0 Å². The fraction of sp³-hybridized carbons (Fsp3) is 0.222. The maximum atomic E-state index is 10.8.